The molecule has 2 heterocycles. The molecule has 4 heteroatoms. The molecule has 1 aliphatic heterocycles. The van der Waals surface area contributed by atoms with Crippen LogP contribution in [0.25, 0.3) is 11.3 Å². The van der Waals surface area contributed by atoms with E-state index < -0.39 is 0 Å². The molecular weight excluding hydrogens is 348 g/mol. The van der Waals surface area contributed by atoms with E-state index in [9.17, 15) is 9.59 Å². The van der Waals surface area contributed by atoms with Gasteiger partial charge in [-0.25, -0.2) is 0 Å². The van der Waals surface area contributed by atoms with Crippen LogP contribution in [-0.2, 0) is 0 Å². The molecule has 4 nitrogen and oxygen atoms in total. The summed E-state index contributed by atoms with van der Waals surface area (Å²) in [7, 11) is 0. The fourth-order valence-corrected chi connectivity index (χ4v) is 3.57. The molecule has 0 N–H and O–H groups in total. The molecule has 2 aromatic carbocycles. The van der Waals surface area contributed by atoms with Crippen LogP contribution in [0.3, 0.4) is 0 Å². The highest BCUT2D eigenvalue weighted by Crippen LogP contribution is 2.24. The molecule has 0 unspecified atom stereocenters. The Bertz CT molecular complexity index is 982. The number of fused-ring (bicyclic) bond motifs is 1. The Morgan fingerprint density at radius 1 is 0.786 bits per heavy atom. The Morgan fingerprint density at radius 2 is 1.39 bits per heavy atom. The van der Waals surface area contributed by atoms with Gasteiger partial charge < -0.3 is 4.57 Å². The highest BCUT2D eigenvalue weighted by molar-refractivity contribution is 6.21. The van der Waals surface area contributed by atoms with Gasteiger partial charge in [-0.05, 0) is 66.8 Å². The van der Waals surface area contributed by atoms with E-state index in [1.54, 1.807) is 24.3 Å². The minimum atomic E-state index is -0.181. The molecule has 3 aromatic rings. The normalized spacial score (nSPS) is 13.1. The van der Waals surface area contributed by atoms with Crippen LogP contribution in [-0.4, -0.2) is 27.8 Å². The van der Waals surface area contributed by atoms with Crippen molar-refractivity contribution in [3.8, 4) is 5.69 Å². The first-order chi connectivity index (χ1) is 13.6. The molecule has 1 aromatic heterocycles. The van der Waals surface area contributed by atoms with E-state index in [2.05, 4.69) is 35.4 Å². The van der Waals surface area contributed by atoms with Crippen molar-refractivity contribution < 1.29 is 9.59 Å². The standard InChI is InChI=1S/C24H22N2O2/c1-18(19-11-13-20(14-12-19)25-15-6-7-16-25)8-4-5-17-26-23(27)21-9-2-3-10-22(21)24(26)28/h2-3,6-7,9-16H,1,4-5,8,17H2. The van der Waals surface area contributed by atoms with Gasteiger partial charge in [0, 0.05) is 24.6 Å². The van der Waals surface area contributed by atoms with Crippen molar-refractivity contribution in [3.63, 3.8) is 0 Å². The molecular formula is C24H22N2O2. The van der Waals surface area contributed by atoms with Crippen LogP contribution < -0.4 is 0 Å². The summed E-state index contributed by atoms with van der Waals surface area (Å²) >= 11 is 0. The number of amides is 2. The third kappa shape index (κ3) is 3.41. The average molecular weight is 370 g/mol. The zero-order chi connectivity index (χ0) is 19.5. The van der Waals surface area contributed by atoms with Gasteiger partial charge in [0.05, 0.1) is 11.1 Å². The van der Waals surface area contributed by atoms with Gasteiger partial charge in [-0.15, -0.1) is 0 Å². The SMILES string of the molecule is C=C(CCCCN1C(=O)c2ccccc2C1=O)c1ccc(-n2cccc2)cc1. The summed E-state index contributed by atoms with van der Waals surface area (Å²) in [5, 5.41) is 0. The first-order valence-electron chi connectivity index (χ1n) is 9.52. The fraction of sp³-hybridized carbons (Fsp3) is 0.167. The summed E-state index contributed by atoms with van der Waals surface area (Å²) in [6, 6.07) is 19.4. The zero-order valence-electron chi connectivity index (χ0n) is 15.7. The minimum Gasteiger partial charge on any atom is -0.324 e. The van der Waals surface area contributed by atoms with Gasteiger partial charge in [0.1, 0.15) is 0 Å². The highest BCUT2D eigenvalue weighted by Gasteiger charge is 2.34. The predicted molar refractivity (Wildman–Crippen MR) is 110 cm³/mol. The van der Waals surface area contributed by atoms with E-state index in [1.807, 2.05) is 24.5 Å². The van der Waals surface area contributed by atoms with E-state index >= 15 is 0 Å². The quantitative estimate of drug-likeness (QED) is 0.436. The van der Waals surface area contributed by atoms with E-state index in [-0.39, 0.29) is 11.8 Å². The number of carbonyl (C=O) groups is 2. The number of rotatable bonds is 7. The second kappa shape index (κ2) is 7.69. The maximum absolute atomic E-state index is 12.4. The van der Waals surface area contributed by atoms with E-state index in [0.717, 1.165) is 36.1 Å². The molecule has 0 spiro atoms. The van der Waals surface area contributed by atoms with Crippen LogP contribution in [0.15, 0.2) is 79.6 Å². The van der Waals surface area contributed by atoms with Gasteiger partial charge in [0.15, 0.2) is 0 Å². The molecule has 28 heavy (non-hydrogen) atoms. The van der Waals surface area contributed by atoms with Gasteiger partial charge in [0.2, 0.25) is 0 Å². The van der Waals surface area contributed by atoms with Crippen LogP contribution in [0.1, 0.15) is 45.5 Å². The first kappa shape index (κ1) is 18.0. The number of hydrogen-bond donors (Lipinski definition) is 0. The summed E-state index contributed by atoms with van der Waals surface area (Å²) in [6.45, 7) is 4.65. The Hall–Kier alpha value is -3.40. The zero-order valence-corrected chi connectivity index (χ0v) is 15.7. The lowest BCUT2D eigenvalue weighted by Crippen LogP contribution is -2.30. The van der Waals surface area contributed by atoms with Crippen molar-refractivity contribution in [3.05, 3.63) is 96.3 Å². The molecule has 1 aliphatic rings. The molecule has 2 amide bonds. The lowest BCUT2D eigenvalue weighted by Gasteiger charge is -2.14. The second-order valence-corrected chi connectivity index (χ2v) is 7.01. The maximum Gasteiger partial charge on any atom is 0.261 e. The van der Waals surface area contributed by atoms with Gasteiger partial charge in [0.25, 0.3) is 11.8 Å². The number of allylic oxidation sites excluding steroid dienone is 1. The molecule has 0 fully saturated rings. The number of aromatic nitrogens is 1. The third-order valence-corrected chi connectivity index (χ3v) is 5.17. The number of carbonyl (C=O) groups excluding carboxylic acids is 2. The largest absolute Gasteiger partial charge is 0.324 e. The number of imide groups is 1. The van der Waals surface area contributed by atoms with Crippen molar-refractivity contribution in [2.45, 2.75) is 19.3 Å². The summed E-state index contributed by atoms with van der Waals surface area (Å²) in [5.41, 5.74) is 4.34. The molecule has 0 bridgehead atoms. The summed E-state index contributed by atoms with van der Waals surface area (Å²) < 4.78 is 2.06. The van der Waals surface area contributed by atoms with Crippen molar-refractivity contribution in [2.24, 2.45) is 0 Å². The van der Waals surface area contributed by atoms with Gasteiger partial charge >= 0.3 is 0 Å². The lowest BCUT2D eigenvalue weighted by atomic mass is 10.0. The molecule has 140 valence electrons. The number of hydrogen-bond acceptors (Lipinski definition) is 2. The number of nitrogens with zero attached hydrogens (tertiary/aromatic N) is 2. The highest BCUT2D eigenvalue weighted by atomic mass is 16.2. The summed E-state index contributed by atoms with van der Waals surface area (Å²) in [6.07, 6.45) is 6.52. The second-order valence-electron chi connectivity index (χ2n) is 7.01. The fourth-order valence-electron chi connectivity index (χ4n) is 3.57. The maximum atomic E-state index is 12.4. The summed E-state index contributed by atoms with van der Waals surface area (Å²) in [4.78, 5) is 26.1. The number of unbranched alkanes of at least 4 members (excludes halogenated alkanes) is 1. The van der Waals surface area contributed by atoms with Crippen LogP contribution in [0, 0.1) is 0 Å². The van der Waals surface area contributed by atoms with Crippen LogP contribution in [0.4, 0.5) is 0 Å². The Balaban J connectivity index is 1.28. The molecule has 0 atom stereocenters. The smallest absolute Gasteiger partial charge is 0.261 e. The third-order valence-electron chi connectivity index (χ3n) is 5.17. The minimum absolute atomic E-state index is 0.181. The number of benzene rings is 2. The van der Waals surface area contributed by atoms with Crippen molar-refractivity contribution in [2.75, 3.05) is 6.54 Å². The van der Waals surface area contributed by atoms with E-state index in [0.29, 0.717) is 17.7 Å². The van der Waals surface area contributed by atoms with Crippen LogP contribution in [0.2, 0.25) is 0 Å². The monoisotopic (exact) mass is 370 g/mol. The van der Waals surface area contributed by atoms with Crippen molar-refractivity contribution in [1.29, 1.82) is 0 Å². The Labute approximate surface area is 164 Å². The van der Waals surface area contributed by atoms with E-state index in [1.165, 1.54) is 4.90 Å². The molecule has 0 aliphatic carbocycles. The molecule has 0 radical (unpaired) electrons. The molecule has 0 saturated carbocycles. The van der Waals surface area contributed by atoms with Gasteiger partial charge in [-0.3, -0.25) is 14.5 Å². The Kier molecular flexibility index (Phi) is 4.94. The Morgan fingerprint density at radius 3 is 2.00 bits per heavy atom. The van der Waals surface area contributed by atoms with Crippen molar-refractivity contribution >= 4 is 17.4 Å². The van der Waals surface area contributed by atoms with E-state index in [4.69, 9.17) is 0 Å². The van der Waals surface area contributed by atoms with Gasteiger partial charge in [-0.2, -0.15) is 0 Å². The topological polar surface area (TPSA) is 42.3 Å². The molecule has 0 saturated heterocycles. The first-order valence-corrected chi connectivity index (χ1v) is 9.52. The molecule has 4 rings (SSSR count). The summed E-state index contributed by atoms with van der Waals surface area (Å²) in [5.74, 6) is -0.361. The van der Waals surface area contributed by atoms with Crippen LogP contribution in [0.5, 0.6) is 0 Å². The van der Waals surface area contributed by atoms with Gasteiger partial charge in [-0.1, -0.05) is 30.8 Å². The lowest BCUT2D eigenvalue weighted by molar-refractivity contribution is 0.0652. The van der Waals surface area contributed by atoms with Crippen molar-refractivity contribution in [1.82, 2.24) is 9.47 Å². The average Bonchev–Trinajstić information content (AvgIpc) is 3.35. The predicted octanol–water partition coefficient (Wildman–Crippen LogP) is 4.96. The van der Waals surface area contributed by atoms with Crippen LogP contribution >= 0.6 is 0 Å².